The summed E-state index contributed by atoms with van der Waals surface area (Å²) in [6, 6.07) is 4.45. The highest BCUT2D eigenvalue weighted by Crippen LogP contribution is 2.22. The standard InChI is InChI=1S/C10H13NO3.ClH/c1-2-5-14-9-4-3-7(10(12)13)6-8(9)11;/h3-4,6H,2,5,11H2,1H3,(H,12,13);1H. The monoisotopic (exact) mass is 231 g/mol. The fraction of sp³-hybridized carbons (Fsp3) is 0.300. The Labute approximate surface area is 94.5 Å². The fourth-order valence-corrected chi connectivity index (χ4v) is 1.02. The zero-order chi connectivity index (χ0) is 10.6. The minimum Gasteiger partial charge on any atom is -0.491 e. The molecule has 1 aromatic carbocycles. The van der Waals surface area contributed by atoms with Crippen LogP contribution in [0.4, 0.5) is 5.69 Å². The van der Waals surface area contributed by atoms with Crippen molar-refractivity contribution in [2.24, 2.45) is 0 Å². The van der Waals surface area contributed by atoms with Crippen LogP contribution in [0.25, 0.3) is 0 Å². The van der Waals surface area contributed by atoms with Crippen molar-refractivity contribution >= 4 is 24.1 Å². The van der Waals surface area contributed by atoms with E-state index in [9.17, 15) is 4.79 Å². The number of carboxylic acid groups (broad SMARTS) is 1. The maximum absolute atomic E-state index is 10.6. The number of hydrogen-bond donors (Lipinski definition) is 2. The van der Waals surface area contributed by atoms with E-state index in [4.69, 9.17) is 15.6 Å². The molecule has 0 saturated heterocycles. The minimum atomic E-state index is -0.987. The lowest BCUT2D eigenvalue weighted by molar-refractivity contribution is 0.0697. The van der Waals surface area contributed by atoms with Crippen LogP contribution in [0.2, 0.25) is 0 Å². The molecular weight excluding hydrogens is 218 g/mol. The highest BCUT2D eigenvalue weighted by molar-refractivity contribution is 5.89. The third kappa shape index (κ3) is 3.67. The molecule has 0 radical (unpaired) electrons. The van der Waals surface area contributed by atoms with Crippen LogP contribution >= 0.6 is 12.4 Å². The Kier molecular flexibility index (Phi) is 5.56. The van der Waals surface area contributed by atoms with E-state index < -0.39 is 5.97 Å². The molecular formula is C10H14ClNO3. The lowest BCUT2D eigenvalue weighted by Crippen LogP contribution is -2.02. The topological polar surface area (TPSA) is 72.5 Å². The number of benzene rings is 1. The molecule has 0 atom stereocenters. The first-order valence-electron chi connectivity index (χ1n) is 4.40. The Morgan fingerprint density at radius 1 is 1.53 bits per heavy atom. The van der Waals surface area contributed by atoms with Gasteiger partial charge in [-0.1, -0.05) is 6.92 Å². The first-order chi connectivity index (χ1) is 6.65. The van der Waals surface area contributed by atoms with Gasteiger partial charge in [0.25, 0.3) is 0 Å². The van der Waals surface area contributed by atoms with E-state index in [-0.39, 0.29) is 18.0 Å². The van der Waals surface area contributed by atoms with E-state index >= 15 is 0 Å². The van der Waals surface area contributed by atoms with Gasteiger partial charge in [-0.05, 0) is 24.6 Å². The highest BCUT2D eigenvalue weighted by Gasteiger charge is 2.06. The summed E-state index contributed by atoms with van der Waals surface area (Å²) in [6.07, 6.45) is 0.889. The minimum absolute atomic E-state index is 0. The number of hydrogen-bond acceptors (Lipinski definition) is 3. The van der Waals surface area contributed by atoms with E-state index in [2.05, 4.69) is 0 Å². The number of rotatable bonds is 4. The number of ether oxygens (including phenoxy) is 1. The SMILES string of the molecule is CCCOc1ccc(C(=O)O)cc1N.Cl. The number of nitrogen functional groups attached to an aromatic ring is 1. The Morgan fingerprint density at radius 2 is 2.20 bits per heavy atom. The molecule has 0 fully saturated rings. The van der Waals surface area contributed by atoms with Crippen molar-refractivity contribution < 1.29 is 14.6 Å². The normalized spacial score (nSPS) is 9.13. The highest BCUT2D eigenvalue weighted by atomic mass is 35.5. The molecule has 0 heterocycles. The molecule has 5 heteroatoms. The molecule has 0 aromatic heterocycles. The van der Waals surface area contributed by atoms with Crippen molar-refractivity contribution in [3.05, 3.63) is 23.8 Å². The first kappa shape index (κ1) is 13.6. The van der Waals surface area contributed by atoms with Gasteiger partial charge in [0.05, 0.1) is 17.9 Å². The van der Waals surface area contributed by atoms with Crippen molar-refractivity contribution in [3.8, 4) is 5.75 Å². The molecule has 1 rings (SSSR count). The van der Waals surface area contributed by atoms with Crippen LogP contribution in [0.15, 0.2) is 18.2 Å². The lowest BCUT2D eigenvalue weighted by atomic mass is 10.2. The summed E-state index contributed by atoms with van der Waals surface area (Å²) in [4.78, 5) is 10.6. The Morgan fingerprint density at radius 3 is 2.67 bits per heavy atom. The van der Waals surface area contributed by atoms with E-state index in [0.29, 0.717) is 18.0 Å². The Hall–Kier alpha value is -1.42. The van der Waals surface area contributed by atoms with Crippen molar-refractivity contribution in [2.45, 2.75) is 13.3 Å². The number of anilines is 1. The summed E-state index contributed by atoms with van der Waals surface area (Å²) in [5, 5.41) is 8.68. The molecule has 3 N–H and O–H groups in total. The zero-order valence-corrected chi connectivity index (χ0v) is 9.21. The second-order valence-electron chi connectivity index (χ2n) is 2.91. The maximum Gasteiger partial charge on any atom is 0.335 e. The van der Waals surface area contributed by atoms with E-state index in [1.54, 1.807) is 6.07 Å². The summed E-state index contributed by atoms with van der Waals surface area (Å²) in [5.74, 6) is -0.449. The quantitative estimate of drug-likeness (QED) is 0.779. The fourth-order valence-electron chi connectivity index (χ4n) is 1.02. The van der Waals surface area contributed by atoms with Crippen molar-refractivity contribution in [1.29, 1.82) is 0 Å². The molecule has 0 amide bonds. The van der Waals surface area contributed by atoms with Gasteiger partial charge in [0.1, 0.15) is 5.75 Å². The van der Waals surface area contributed by atoms with Crippen molar-refractivity contribution in [2.75, 3.05) is 12.3 Å². The van der Waals surface area contributed by atoms with Gasteiger partial charge >= 0.3 is 5.97 Å². The van der Waals surface area contributed by atoms with Crippen LogP contribution in [-0.4, -0.2) is 17.7 Å². The summed E-state index contributed by atoms with van der Waals surface area (Å²) < 4.78 is 5.30. The third-order valence-corrected chi connectivity index (χ3v) is 1.72. The molecule has 84 valence electrons. The van der Waals surface area contributed by atoms with E-state index in [1.165, 1.54) is 12.1 Å². The number of carboxylic acids is 1. The summed E-state index contributed by atoms with van der Waals surface area (Å²) in [6.45, 7) is 2.57. The van der Waals surface area contributed by atoms with Crippen LogP contribution in [0.3, 0.4) is 0 Å². The van der Waals surface area contributed by atoms with Crippen molar-refractivity contribution in [1.82, 2.24) is 0 Å². The molecule has 0 spiro atoms. The van der Waals surface area contributed by atoms with Gasteiger partial charge in [-0.3, -0.25) is 0 Å². The molecule has 0 saturated carbocycles. The van der Waals surface area contributed by atoms with Crippen LogP contribution in [-0.2, 0) is 0 Å². The average molecular weight is 232 g/mol. The van der Waals surface area contributed by atoms with Crippen LogP contribution in [0, 0.1) is 0 Å². The molecule has 0 bridgehead atoms. The second-order valence-corrected chi connectivity index (χ2v) is 2.91. The van der Waals surface area contributed by atoms with Crippen LogP contribution < -0.4 is 10.5 Å². The first-order valence-corrected chi connectivity index (χ1v) is 4.40. The summed E-state index contributed by atoms with van der Waals surface area (Å²) in [5.41, 5.74) is 6.14. The van der Waals surface area contributed by atoms with Gasteiger partial charge in [0.2, 0.25) is 0 Å². The third-order valence-electron chi connectivity index (χ3n) is 1.72. The Balaban J connectivity index is 0.00000196. The lowest BCUT2D eigenvalue weighted by Gasteiger charge is -2.07. The van der Waals surface area contributed by atoms with Gasteiger partial charge in [-0.15, -0.1) is 12.4 Å². The summed E-state index contributed by atoms with van der Waals surface area (Å²) in [7, 11) is 0. The van der Waals surface area contributed by atoms with E-state index in [0.717, 1.165) is 6.42 Å². The van der Waals surface area contributed by atoms with Gasteiger partial charge in [-0.25, -0.2) is 4.79 Å². The van der Waals surface area contributed by atoms with Gasteiger partial charge in [-0.2, -0.15) is 0 Å². The number of carbonyl (C=O) groups is 1. The number of aromatic carboxylic acids is 1. The molecule has 15 heavy (non-hydrogen) atoms. The van der Waals surface area contributed by atoms with Gasteiger partial charge < -0.3 is 15.6 Å². The predicted octanol–water partition coefficient (Wildman–Crippen LogP) is 2.18. The molecule has 0 aliphatic rings. The largest absolute Gasteiger partial charge is 0.491 e. The second kappa shape index (κ2) is 6.14. The Bertz CT molecular complexity index is 341. The maximum atomic E-state index is 10.6. The average Bonchev–Trinajstić information content (AvgIpc) is 2.15. The van der Waals surface area contributed by atoms with Crippen molar-refractivity contribution in [3.63, 3.8) is 0 Å². The number of nitrogens with two attached hydrogens (primary N) is 1. The van der Waals surface area contributed by atoms with E-state index in [1.807, 2.05) is 6.92 Å². The van der Waals surface area contributed by atoms with Gasteiger partial charge in [0.15, 0.2) is 0 Å². The number of halogens is 1. The van der Waals surface area contributed by atoms with Crippen LogP contribution in [0.5, 0.6) is 5.75 Å². The molecule has 0 unspecified atom stereocenters. The smallest absolute Gasteiger partial charge is 0.335 e. The summed E-state index contributed by atoms with van der Waals surface area (Å²) >= 11 is 0. The molecule has 0 aliphatic carbocycles. The zero-order valence-electron chi connectivity index (χ0n) is 8.40. The van der Waals surface area contributed by atoms with Crippen LogP contribution in [0.1, 0.15) is 23.7 Å². The van der Waals surface area contributed by atoms with Gasteiger partial charge in [0, 0.05) is 0 Å². The molecule has 4 nitrogen and oxygen atoms in total. The predicted molar refractivity (Wildman–Crippen MR) is 60.8 cm³/mol. The molecule has 1 aromatic rings. The molecule has 0 aliphatic heterocycles.